The van der Waals surface area contributed by atoms with Crippen LogP contribution in [0.15, 0.2) is 42.5 Å². The van der Waals surface area contributed by atoms with Gasteiger partial charge in [-0.15, -0.1) is 0 Å². The van der Waals surface area contributed by atoms with Gasteiger partial charge in [-0.1, -0.05) is 19.1 Å². The molecule has 1 amide bonds. The molecule has 3 rings (SSSR count). The molecule has 0 aromatic heterocycles. The fraction of sp³-hybridized carbons (Fsp3) is 0.581. The third-order valence-electron chi connectivity index (χ3n) is 7.46. The number of likely N-dealkylation sites (N-methyl/N-ethyl adjacent to an activating group) is 1. The summed E-state index contributed by atoms with van der Waals surface area (Å²) in [6.45, 7) is 7.89. The monoisotopic (exact) mass is 605 g/mol. The summed E-state index contributed by atoms with van der Waals surface area (Å²) in [5, 5.41) is 10.1. The van der Waals surface area contributed by atoms with Gasteiger partial charge < -0.3 is 24.2 Å². The Morgan fingerprint density at radius 1 is 1.17 bits per heavy atom. The molecule has 11 heteroatoms. The Balaban J connectivity index is 1.90. The molecule has 234 valence electrons. The van der Waals surface area contributed by atoms with Crippen molar-refractivity contribution in [2.24, 2.45) is 5.92 Å². The molecular formula is C31H47N3O7S. The number of nitrogens with zero attached hydrogens (tertiary/aromatic N) is 2. The van der Waals surface area contributed by atoms with Gasteiger partial charge >= 0.3 is 0 Å². The minimum Gasteiger partial charge on any atom is -0.497 e. The molecule has 1 aliphatic rings. The molecule has 0 saturated heterocycles. The highest BCUT2D eigenvalue weighted by Crippen LogP contribution is 2.29. The number of benzene rings is 2. The number of fused-ring (bicyclic) bond motifs is 1. The number of sulfonamides is 1. The van der Waals surface area contributed by atoms with Crippen molar-refractivity contribution in [1.29, 1.82) is 0 Å². The first-order valence-corrected chi connectivity index (χ1v) is 16.4. The van der Waals surface area contributed by atoms with Crippen LogP contribution in [0.5, 0.6) is 11.5 Å². The van der Waals surface area contributed by atoms with Crippen LogP contribution >= 0.6 is 0 Å². The van der Waals surface area contributed by atoms with Gasteiger partial charge in [0, 0.05) is 37.8 Å². The molecule has 1 heterocycles. The van der Waals surface area contributed by atoms with Crippen LogP contribution in [-0.2, 0) is 21.3 Å². The van der Waals surface area contributed by atoms with E-state index >= 15 is 0 Å². The summed E-state index contributed by atoms with van der Waals surface area (Å²) in [7, 11) is 0.149. The zero-order chi connectivity index (χ0) is 30.9. The Morgan fingerprint density at radius 3 is 2.52 bits per heavy atom. The average molecular weight is 606 g/mol. The minimum absolute atomic E-state index is 0.0650. The first-order chi connectivity index (χ1) is 19.9. The van der Waals surface area contributed by atoms with Gasteiger partial charge in [-0.3, -0.25) is 14.4 Å². The van der Waals surface area contributed by atoms with Crippen molar-refractivity contribution in [3.8, 4) is 11.5 Å². The van der Waals surface area contributed by atoms with Crippen LogP contribution in [0.1, 0.15) is 56.0 Å². The van der Waals surface area contributed by atoms with E-state index in [0.29, 0.717) is 25.4 Å². The van der Waals surface area contributed by atoms with E-state index in [1.54, 1.807) is 31.1 Å². The van der Waals surface area contributed by atoms with E-state index in [1.165, 1.54) is 6.07 Å². The van der Waals surface area contributed by atoms with Crippen LogP contribution in [0, 0.1) is 5.92 Å². The summed E-state index contributed by atoms with van der Waals surface area (Å²) in [5.74, 6) is 0.793. The average Bonchev–Trinajstić information content (AvgIpc) is 2.94. The molecule has 0 fully saturated rings. The number of nitrogens with one attached hydrogen (secondary N) is 1. The zero-order valence-corrected chi connectivity index (χ0v) is 26.5. The summed E-state index contributed by atoms with van der Waals surface area (Å²) in [6, 6.07) is 12.2. The highest BCUT2D eigenvalue weighted by Gasteiger charge is 2.30. The predicted molar refractivity (Wildman–Crippen MR) is 165 cm³/mol. The molecule has 2 aromatic carbocycles. The second-order valence-electron chi connectivity index (χ2n) is 11.4. The van der Waals surface area contributed by atoms with Gasteiger partial charge in [0.2, 0.25) is 10.0 Å². The Labute approximate surface area is 251 Å². The molecule has 42 heavy (non-hydrogen) atoms. The summed E-state index contributed by atoms with van der Waals surface area (Å²) in [4.78, 5) is 17.9. The third-order valence-corrected chi connectivity index (χ3v) is 8.06. The second-order valence-corrected chi connectivity index (χ2v) is 13.2. The van der Waals surface area contributed by atoms with Crippen molar-refractivity contribution in [2.45, 2.75) is 64.8 Å². The predicted octanol–water partition coefficient (Wildman–Crippen LogP) is 3.99. The standard InChI is InChI=1S/C31H47N3O7S/c1-22-18-34(23(2)21-35)31(36)28-17-26(32-42(6,37)38)12-15-29(28)41-24(3)9-7-8-16-40-30(22)20-33(4)19-25-10-13-27(39-5)14-11-25/h10-15,17,22-24,30,32,35H,7-9,16,18-21H2,1-6H3/t22-,23+,24+,30+/m0/s1. The van der Waals surface area contributed by atoms with Crippen molar-refractivity contribution in [2.75, 3.05) is 51.4 Å². The zero-order valence-electron chi connectivity index (χ0n) is 25.7. The molecule has 0 spiro atoms. The number of carbonyl (C=O) groups excluding carboxylic acids is 1. The van der Waals surface area contributed by atoms with Gasteiger partial charge in [0.05, 0.1) is 43.8 Å². The van der Waals surface area contributed by atoms with Crippen LogP contribution in [-0.4, -0.2) is 94.2 Å². The summed E-state index contributed by atoms with van der Waals surface area (Å²) < 4.78 is 44.2. The maximum atomic E-state index is 14.1. The first kappa shape index (κ1) is 33.6. The number of carbonyl (C=O) groups is 1. The van der Waals surface area contributed by atoms with Gasteiger partial charge in [-0.2, -0.15) is 0 Å². The molecule has 0 radical (unpaired) electrons. The van der Waals surface area contributed by atoms with Crippen molar-refractivity contribution < 1.29 is 32.5 Å². The number of aliphatic hydroxyl groups is 1. The van der Waals surface area contributed by atoms with E-state index in [-0.39, 0.29) is 41.9 Å². The number of amides is 1. The number of hydrogen-bond donors (Lipinski definition) is 2. The van der Waals surface area contributed by atoms with Crippen LogP contribution in [0.25, 0.3) is 0 Å². The van der Waals surface area contributed by atoms with Crippen LogP contribution in [0.4, 0.5) is 5.69 Å². The first-order valence-electron chi connectivity index (χ1n) is 14.5. The Morgan fingerprint density at radius 2 is 1.88 bits per heavy atom. The largest absolute Gasteiger partial charge is 0.497 e. The Hall–Kier alpha value is -2.86. The topological polar surface area (TPSA) is 118 Å². The second kappa shape index (κ2) is 15.6. The van der Waals surface area contributed by atoms with Gasteiger partial charge in [-0.25, -0.2) is 8.42 Å². The molecule has 2 aromatic rings. The molecule has 0 aliphatic carbocycles. The van der Waals surface area contributed by atoms with Crippen molar-refractivity contribution in [3.63, 3.8) is 0 Å². The fourth-order valence-corrected chi connectivity index (χ4v) is 5.63. The number of ether oxygens (including phenoxy) is 3. The lowest BCUT2D eigenvalue weighted by Crippen LogP contribution is -2.47. The van der Waals surface area contributed by atoms with Crippen LogP contribution < -0.4 is 14.2 Å². The molecule has 10 nitrogen and oxygen atoms in total. The molecule has 0 saturated carbocycles. The highest BCUT2D eigenvalue weighted by atomic mass is 32.2. The smallest absolute Gasteiger partial charge is 0.258 e. The molecule has 2 N–H and O–H groups in total. The van der Waals surface area contributed by atoms with E-state index in [0.717, 1.165) is 43.4 Å². The van der Waals surface area contributed by atoms with E-state index in [1.807, 2.05) is 31.2 Å². The number of hydrogen-bond acceptors (Lipinski definition) is 8. The number of anilines is 1. The van der Waals surface area contributed by atoms with Crippen molar-refractivity contribution in [3.05, 3.63) is 53.6 Å². The molecule has 1 aliphatic heterocycles. The van der Waals surface area contributed by atoms with Crippen LogP contribution in [0.3, 0.4) is 0 Å². The SMILES string of the molecule is COc1ccc(CN(C)C[C@H]2OCCCC[C@@H](C)Oc3ccc(NS(C)(=O)=O)cc3C(=O)N([C@H](C)CO)C[C@@H]2C)cc1. The van der Waals surface area contributed by atoms with Crippen molar-refractivity contribution in [1.82, 2.24) is 9.80 Å². The number of methoxy groups -OCH3 is 1. The quantitative estimate of drug-likeness (QED) is 0.441. The van der Waals surface area contributed by atoms with E-state index in [9.17, 15) is 18.3 Å². The molecule has 4 atom stereocenters. The maximum absolute atomic E-state index is 14.1. The lowest BCUT2D eigenvalue weighted by molar-refractivity contribution is -0.0177. The highest BCUT2D eigenvalue weighted by molar-refractivity contribution is 7.92. The molecule has 0 bridgehead atoms. The van der Waals surface area contributed by atoms with E-state index in [2.05, 4.69) is 23.6 Å². The van der Waals surface area contributed by atoms with Gasteiger partial charge in [0.25, 0.3) is 5.91 Å². The van der Waals surface area contributed by atoms with Gasteiger partial charge in [0.1, 0.15) is 11.5 Å². The van der Waals surface area contributed by atoms with Gasteiger partial charge in [-0.05, 0) is 76.1 Å². The summed E-state index contributed by atoms with van der Waals surface area (Å²) >= 11 is 0. The third kappa shape index (κ3) is 10.1. The Bertz CT molecular complexity index is 1260. The number of rotatable bonds is 9. The van der Waals surface area contributed by atoms with Crippen molar-refractivity contribution >= 4 is 21.6 Å². The lowest BCUT2D eigenvalue weighted by atomic mass is 10.0. The van der Waals surface area contributed by atoms with Crippen LogP contribution in [0.2, 0.25) is 0 Å². The Kier molecular flexibility index (Phi) is 12.5. The normalized spacial score (nSPS) is 21.7. The molecule has 0 unspecified atom stereocenters. The number of aliphatic hydroxyl groups excluding tert-OH is 1. The maximum Gasteiger partial charge on any atom is 0.258 e. The fourth-order valence-electron chi connectivity index (χ4n) is 5.08. The minimum atomic E-state index is -3.55. The van der Waals surface area contributed by atoms with Gasteiger partial charge in [0.15, 0.2) is 0 Å². The molecular weight excluding hydrogens is 558 g/mol. The van der Waals surface area contributed by atoms with E-state index in [4.69, 9.17) is 14.2 Å². The summed E-state index contributed by atoms with van der Waals surface area (Å²) in [5.41, 5.74) is 1.67. The summed E-state index contributed by atoms with van der Waals surface area (Å²) in [6.07, 6.45) is 3.28. The van der Waals surface area contributed by atoms with E-state index < -0.39 is 16.1 Å². The lowest BCUT2D eigenvalue weighted by Gasteiger charge is -2.36.